The van der Waals surface area contributed by atoms with Gasteiger partial charge in [0, 0.05) is 19.6 Å². The molecule has 0 unspecified atom stereocenters. The van der Waals surface area contributed by atoms with Gasteiger partial charge in [0.15, 0.2) is 0 Å². The number of carboxylic acids is 1. The Hall–Kier alpha value is -0.950. The normalized spacial score (nSPS) is 11.9. The Labute approximate surface area is 98.8 Å². The zero-order valence-corrected chi connectivity index (χ0v) is 10.0. The van der Waals surface area contributed by atoms with Crippen molar-refractivity contribution in [1.29, 1.82) is 0 Å². The first kappa shape index (κ1) is 15.0. The highest BCUT2D eigenvalue weighted by Gasteiger charge is 2.18. The van der Waals surface area contributed by atoms with E-state index in [4.69, 9.17) is 10.2 Å². The SMILES string of the molecule is CSCCCNC(=O)N[C@@H](CCO)C(=O)O. The van der Waals surface area contributed by atoms with E-state index in [1.807, 2.05) is 6.26 Å². The average Bonchev–Trinajstić information content (AvgIpc) is 2.23. The van der Waals surface area contributed by atoms with Gasteiger partial charge in [0.2, 0.25) is 0 Å². The van der Waals surface area contributed by atoms with Gasteiger partial charge in [-0.1, -0.05) is 0 Å². The Balaban J connectivity index is 3.77. The molecule has 0 spiro atoms. The van der Waals surface area contributed by atoms with Crippen molar-refractivity contribution < 1.29 is 19.8 Å². The van der Waals surface area contributed by atoms with E-state index < -0.39 is 18.0 Å². The summed E-state index contributed by atoms with van der Waals surface area (Å²) >= 11 is 1.68. The van der Waals surface area contributed by atoms with Crippen molar-refractivity contribution in [3.8, 4) is 0 Å². The number of hydrogen-bond donors (Lipinski definition) is 4. The van der Waals surface area contributed by atoms with Crippen LogP contribution in [0.15, 0.2) is 0 Å². The summed E-state index contributed by atoms with van der Waals surface area (Å²) in [4.78, 5) is 21.9. The highest BCUT2D eigenvalue weighted by atomic mass is 32.2. The topological polar surface area (TPSA) is 98.7 Å². The Morgan fingerprint density at radius 1 is 1.44 bits per heavy atom. The maximum Gasteiger partial charge on any atom is 0.326 e. The number of rotatable bonds is 8. The largest absolute Gasteiger partial charge is 0.480 e. The predicted molar refractivity (Wildman–Crippen MR) is 62.7 cm³/mol. The standard InChI is InChI=1S/C9H18N2O4S/c1-16-6-2-4-10-9(15)11-7(3-5-12)8(13)14/h7,12H,2-6H2,1H3,(H,13,14)(H2,10,11,15)/t7-/m0/s1. The fourth-order valence-electron chi connectivity index (χ4n) is 1.01. The molecule has 0 aromatic rings. The third kappa shape index (κ3) is 7.36. The molecule has 16 heavy (non-hydrogen) atoms. The lowest BCUT2D eigenvalue weighted by molar-refractivity contribution is -0.139. The Bertz CT molecular complexity index is 226. The van der Waals surface area contributed by atoms with E-state index in [2.05, 4.69) is 10.6 Å². The summed E-state index contributed by atoms with van der Waals surface area (Å²) in [5.74, 6) is -0.201. The lowest BCUT2D eigenvalue weighted by Crippen LogP contribution is -2.46. The number of aliphatic carboxylic acids is 1. The third-order valence-electron chi connectivity index (χ3n) is 1.83. The molecular weight excluding hydrogens is 232 g/mol. The minimum absolute atomic E-state index is 0.00751. The number of nitrogens with one attached hydrogen (secondary N) is 2. The minimum Gasteiger partial charge on any atom is -0.480 e. The second-order valence-electron chi connectivity index (χ2n) is 3.15. The Morgan fingerprint density at radius 3 is 2.62 bits per heavy atom. The van der Waals surface area contributed by atoms with Crippen molar-refractivity contribution in [3.63, 3.8) is 0 Å². The summed E-state index contributed by atoms with van der Waals surface area (Å²) in [6.07, 6.45) is 2.82. The van der Waals surface area contributed by atoms with Crippen molar-refractivity contribution in [2.24, 2.45) is 0 Å². The summed E-state index contributed by atoms with van der Waals surface area (Å²) in [5, 5.41) is 22.1. The highest BCUT2D eigenvalue weighted by Crippen LogP contribution is 1.94. The summed E-state index contributed by atoms with van der Waals surface area (Å²) < 4.78 is 0. The number of urea groups is 1. The smallest absolute Gasteiger partial charge is 0.326 e. The lowest BCUT2D eigenvalue weighted by Gasteiger charge is -2.13. The van der Waals surface area contributed by atoms with E-state index in [9.17, 15) is 9.59 Å². The van der Waals surface area contributed by atoms with Gasteiger partial charge in [-0.15, -0.1) is 0 Å². The number of carbonyl (C=O) groups excluding carboxylic acids is 1. The molecule has 94 valence electrons. The lowest BCUT2D eigenvalue weighted by atomic mass is 10.2. The van der Waals surface area contributed by atoms with Crippen LogP contribution in [0.25, 0.3) is 0 Å². The number of thioether (sulfide) groups is 1. The first-order chi connectivity index (χ1) is 7.61. The van der Waals surface area contributed by atoms with Crippen LogP contribution in [0.3, 0.4) is 0 Å². The molecule has 0 aromatic carbocycles. The highest BCUT2D eigenvalue weighted by molar-refractivity contribution is 7.98. The van der Waals surface area contributed by atoms with E-state index in [0.29, 0.717) is 6.54 Å². The number of aliphatic hydroxyl groups is 1. The molecule has 6 nitrogen and oxygen atoms in total. The van der Waals surface area contributed by atoms with Crippen molar-refractivity contribution in [3.05, 3.63) is 0 Å². The van der Waals surface area contributed by atoms with Crippen LogP contribution < -0.4 is 10.6 Å². The van der Waals surface area contributed by atoms with Gasteiger partial charge in [-0.25, -0.2) is 9.59 Å². The molecule has 0 heterocycles. The van der Waals surface area contributed by atoms with Crippen LogP contribution in [0.4, 0.5) is 4.79 Å². The molecule has 7 heteroatoms. The van der Waals surface area contributed by atoms with Gasteiger partial charge < -0.3 is 20.8 Å². The second kappa shape index (κ2) is 9.29. The van der Waals surface area contributed by atoms with E-state index in [1.165, 1.54) is 0 Å². The van der Waals surface area contributed by atoms with Crippen LogP contribution >= 0.6 is 11.8 Å². The number of hydrogen-bond acceptors (Lipinski definition) is 4. The first-order valence-electron chi connectivity index (χ1n) is 4.98. The van der Waals surface area contributed by atoms with E-state index in [-0.39, 0.29) is 13.0 Å². The van der Waals surface area contributed by atoms with Gasteiger partial charge >= 0.3 is 12.0 Å². The molecule has 0 saturated heterocycles. The van der Waals surface area contributed by atoms with Crippen molar-refractivity contribution >= 4 is 23.8 Å². The fourth-order valence-corrected chi connectivity index (χ4v) is 1.45. The molecule has 0 aliphatic rings. The first-order valence-corrected chi connectivity index (χ1v) is 6.38. The van der Waals surface area contributed by atoms with Gasteiger partial charge in [-0.2, -0.15) is 11.8 Å². The number of carboxylic acid groups (broad SMARTS) is 1. The number of aliphatic hydroxyl groups excluding tert-OH is 1. The summed E-state index contributed by atoms with van der Waals surface area (Å²) in [6.45, 7) is 0.238. The summed E-state index contributed by atoms with van der Waals surface area (Å²) in [7, 11) is 0. The molecule has 0 fully saturated rings. The van der Waals surface area contributed by atoms with Crippen LogP contribution in [0.5, 0.6) is 0 Å². The van der Waals surface area contributed by atoms with Gasteiger partial charge in [0.25, 0.3) is 0 Å². The summed E-state index contributed by atoms with van der Waals surface area (Å²) in [5.41, 5.74) is 0. The van der Waals surface area contributed by atoms with Crippen LogP contribution in [-0.2, 0) is 4.79 Å². The van der Waals surface area contributed by atoms with Crippen LogP contribution in [0.2, 0.25) is 0 Å². The van der Waals surface area contributed by atoms with Gasteiger partial charge in [0.05, 0.1) is 0 Å². The maximum absolute atomic E-state index is 11.2. The molecule has 0 radical (unpaired) electrons. The molecule has 0 aliphatic carbocycles. The average molecular weight is 250 g/mol. The third-order valence-corrected chi connectivity index (χ3v) is 2.53. The molecule has 0 aliphatic heterocycles. The molecule has 4 N–H and O–H groups in total. The quantitative estimate of drug-likeness (QED) is 0.450. The number of carbonyl (C=O) groups is 2. The molecule has 2 amide bonds. The van der Waals surface area contributed by atoms with Crippen LogP contribution in [0, 0.1) is 0 Å². The van der Waals surface area contributed by atoms with Gasteiger partial charge in [-0.3, -0.25) is 0 Å². The fraction of sp³-hybridized carbons (Fsp3) is 0.778. The Kier molecular flexibility index (Phi) is 8.74. The molecule has 0 rings (SSSR count). The predicted octanol–water partition coefficient (Wildman–Crippen LogP) is -0.126. The van der Waals surface area contributed by atoms with Gasteiger partial charge in [-0.05, 0) is 18.4 Å². The summed E-state index contributed by atoms with van der Waals surface area (Å²) in [6, 6.07) is -1.55. The van der Waals surface area contributed by atoms with Crippen LogP contribution in [-0.4, -0.2) is 53.4 Å². The van der Waals surface area contributed by atoms with E-state index >= 15 is 0 Å². The van der Waals surface area contributed by atoms with E-state index in [1.54, 1.807) is 11.8 Å². The zero-order valence-electron chi connectivity index (χ0n) is 9.23. The van der Waals surface area contributed by atoms with Gasteiger partial charge in [0.1, 0.15) is 6.04 Å². The molecule has 1 atom stereocenters. The monoisotopic (exact) mass is 250 g/mol. The molecule has 0 saturated carbocycles. The molecule has 0 bridgehead atoms. The molecular formula is C9H18N2O4S. The number of amides is 2. The minimum atomic E-state index is -1.15. The van der Waals surface area contributed by atoms with Crippen LogP contribution in [0.1, 0.15) is 12.8 Å². The van der Waals surface area contributed by atoms with Crippen molar-refractivity contribution in [2.75, 3.05) is 25.2 Å². The Morgan fingerprint density at radius 2 is 2.12 bits per heavy atom. The molecule has 0 aromatic heterocycles. The van der Waals surface area contributed by atoms with E-state index in [0.717, 1.165) is 12.2 Å². The maximum atomic E-state index is 11.2. The zero-order chi connectivity index (χ0) is 12.4. The second-order valence-corrected chi connectivity index (χ2v) is 4.14. The van der Waals surface area contributed by atoms with Crippen molar-refractivity contribution in [2.45, 2.75) is 18.9 Å². The van der Waals surface area contributed by atoms with Crippen molar-refractivity contribution in [1.82, 2.24) is 10.6 Å².